The highest BCUT2D eigenvalue weighted by molar-refractivity contribution is 9.09. The zero-order valence-corrected chi connectivity index (χ0v) is 11.1. The van der Waals surface area contributed by atoms with Gasteiger partial charge in [0.1, 0.15) is 12.4 Å². The van der Waals surface area contributed by atoms with Crippen LogP contribution in [0.5, 0.6) is 5.75 Å². The van der Waals surface area contributed by atoms with E-state index >= 15 is 0 Å². The standard InChI is InChI=1S/C13H15BrO3/c14-7-1-2-8-15-12-5-3-11(4-6-12)13-16-9-10-17-13/h1-6,13H,7-10H2. The summed E-state index contributed by atoms with van der Waals surface area (Å²) in [5.74, 6) is 0.853. The molecule has 1 aromatic rings. The molecule has 0 aromatic heterocycles. The van der Waals surface area contributed by atoms with Crippen LogP contribution in [0, 0.1) is 0 Å². The van der Waals surface area contributed by atoms with Crippen molar-refractivity contribution < 1.29 is 14.2 Å². The third-order valence-electron chi connectivity index (χ3n) is 2.38. The maximum atomic E-state index is 5.54. The monoisotopic (exact) mass is 298 g/mol. The molecule has 92 valence electrons. The number of hydrogen-bond donors (Lipinski definition) is 0. The van der Waals surface area contributed by atoms with Gasteiger partial charge >= 0.3 is 0 Å². The number of halogens is 1. The van der Waals surface area contributed by atoms with Gasteiger partial charge in [-0.15, -0.1) is 0 Å². The molecule has 0 bridgehead atoms. The van der Waals surface area contributed by atoms with Crippen molar-refractivity contribution in [1.29, 1.82) is 0 Å². The highest BCUT2D eigenvalue weighted by Crippen LogP contribution is 2.24. The van der Waals surface area contributed by atoms with Crippen LogP contribution < -0.4 is 4.74 Å². The van der Waals surface area contributed by atoms with Crippen LogP contribution in [0.15, 0.2) is 36.4 Å². The molecule has 0 N–H and O–H groups in total. The fourth-order valence-corrected chi connectivity index (χ4v) is 1.81. The predicted octanol–water partition coefficient (Wildman–Crippen LogP) is 3.06. The average molecular weight is 299 g/mol. The minimum atomic E-state index is -0.211. The second kappa shape index (κ2) is 6.79. The Morgan fingerprint density at radius 1 is 1.18 bits per heavy atom. The number of benzene rings is 1. The molecule has 1 heterocycles. The molecule has 2 rings (SSSR count). The first-order chi connectivity index (χ1) is 8.40. The van der Waals surface area contributed by atoms with Crippen LogP contribution in [0.1, 0.15) is 11.9 Å². The number of allylic oxidation sites excluding steroid dienone is 1. The van der Waals surface area contributed by atoms with Gasteiger partial charge in [-0.25, -0.2) is 0 Å². The maximum Gasteiger partial charge on any atom is 0.184 e. The third-order valence-corrected chi connectivity index (χ3v) is 2.75. The molecule has 0 saturated carbocycles. The van der Waals surface area contributed by atoms with Gasteiger partial charge in [0.05, 0.1) is 13.2 Å². The highest BCUT2D eigenvalue weighted by atomic mass is 79.9. The Morgan fingerprint density at radius 3 is 2.53 bits per heavy atom. The van der Waals surface area contributed by atoms with Crippen LogP contribution in [0.2, 0.25) is 0 Å². The lowest BCUT2D eigenvalue weighted by atomic mass is 10.2. The smallest absolute Gasteiger partial charge is 0.184 e. The van der Waals surface area contributed by atoms with Gasteiger partial charge in [-0.1, -0.05) is 40.2 Å². The first-order valence-electron chi connectivity index (χ1n) is 5.57. The Kier molecular flexibility index (Phi) is 5.04. The topological polar surface area (TPSA) is 27.7 Å². The van der Waals surface area contributed by atoms with Gasteiger partial charge in [-0.2, -0.15) is 0 Å². The van der Waals surface area contributed by atoms with Crippen LogP contribution in [0.3, 0.4) is 0 Å². The summed E-state index contributed by atoms with van der Waals surface area (Å²) in [4.78, 5) is 0. The van der Waals surface area contributed by atoms with Gasteiger partial charge in [-0.3, -0.25) is 0 Å². The Morgan fingerprint density at radius 2 is 1.88 bits per heavy atom. The summed E-state index contributed by atoms with van der Waals surface area (Å²) in [6, 6.07) is 7.81. The lowest BCUT2D eigenvalue weighted by Crippen LogP contribution is -1.98. The second-order valence-electron chi connectivity index (χ2n) is 3.58. The van der Waals surface area contributed by atoms with Gasteiger partial charge in [-0.05, 0) is 12.1 Å². The molecule has 0 radical (unpaired) electrons. The molecular weight excluding hydrogens is 284 g/mol. The highest BCUT2D eigenvalue weighted by Gasteiger charge is 2.17. The Hall–Kier alpha value is -0.840. The molecule has 0 atom stereocenters. The van der Waals surface area contributed by atoms with Crippen molar-refractivity contribution in [2.75, 3.05) is 25.2 Å². The lowest BCUT2D eigenvalue weighted by Gasteiger charge is -2.10. The minimum absolute atomic E-state index is 0.211. The molecule has 17 heavy (non-hydrogen) atoms. The Labute approximate surface area is 109 Å². The summed E-state index contributed by atoms with van der Waals surface area (Å²) < 4.78 is 16.4. The number of ether oxygens (including phenoxy) is 3. The predicted molar refractivity (Wildman–Crippen MR) is 69.5 cm³/mol. The van der Waals surface area contributed by atoms with Crippen molar-refractivity contribution in [1.82, 2.24) is 0 Å². The quantitative estimate of drug-likeness (QED) is 0.618. The van der Waals surface area contributed by atoms with Crippen molar-refractivity contribution in [2.45, 2.75) is 6.29 Å². The molecule has 0 unspecified atom stereocenters. The van der Waals surface area contributed by atoms with Gasteiger partial charge in [0.2, 0.25) is 0 Å². The van der Waals surface area contributed by atoms with Crippen LogP contribution in [0.25, 0.3) is 0 Å². The molecule has 0 aliphatic carbocycles. The van der Waals surface area contributed by atoms with E-state index in [1.54, 1.807) is 0 Å². The first-order valence-corrected chi connectivity index (χ1v) is 6.69. The van der Waals surface area contributed by atoms with Crippen LogP contribution in [-0.2, 0) is 9.47 Å². The largest absolute Gasteiger partial charge is 0.490 e. The van der Waals surface area contributed by atoms with Crippen molar-refractivity contribution in [3.05, 3.63) is 42.0 Å². The van der Waals surface area contributed by atoms with E-state index in [1.807, 2.05) is 36.4 Å². The van der Waals surface area contributed by atoms with E-state index < -0.39 is 0 Å². The maximum absolute atomic E-state index is 5.54. The normalized spacial score (nSPS) is 16.8. The molecule has 1 aromatic carbocycles. The van der Waals surface area contributed by atoms with E-state index in [2.05, 4.69) is 15.9 Å². The molecule has 0 amide bonds. The fourth-order valence-electron chi connectivity index (χ4n) is 1.55. The van der Waals surface area contributed by atoms with Crippen molar-refractivity contribution in [3.63, 3.8) is 0 Å². The van der Waals surface area contributed by atoms with Crippen LogP contribution in [0.4, 0.5) is 0 Å². The average Bonchev–Trinajstić information content (AvgIpc) is 2.89. The molecule has 1 saturated heterocycles. The van der Waals surface area contributed by atoms with Gasteiger partial charge in [0, 0.05) is 10.9 Å². The summed E-state index contributed by atoms with van der Waals surface area (Å²) in [6.07, 6.45) is 3.78. The van der Waals surface area contributed by atoms with Crippen LogP contribution >= 0.6 is 15.9 Å². The second-order valence-corrected chi connectivity index (χ2v) is 4.23. The lowest BCUT2D eigenvalue weighted by molar-refractivity contribution is -0.0441. The molecule has 1 fully saturated rings. The Bertz CT molecular complexity index is 355. The van der Waals surface area contributed by atoms with E-state index in [-0.39, 0.29) is 6.29 Å². The zero-order valence-electron chi connectivity index (χ0n) is 9.47. The van der Waals surface area contributed by atoms with E-state index in [0.717, 1.165) is 16.6 Å². The zero-order chi connectivity index (χ0) is 11.9. The van der Waals surface area contributed by atoms with E-state index in [1.165, 1.54) is 0 Å². The van der Waals surface area contributed by atoms with E-state index in [0.29, 0.717) is 19.8 Å². The molecular formula is C13H15BrO3. The minimum Gasteiger partial charge on any atom is -0.490 e. The van der Waals surface area contributed by atoms with Crippen molar-refractivity contribution in [2.24, 2.45) is 0 Å². The number of rotatable bonds is 5. The van der Waals surface area contributed by atoms with Gasteiger partial charge < -0.3 is 14.2 Å². The SMILES string of the molecule is BrCC=CCOc1ccc(C2OCCO2)cc1. The summed E-state index contributed by atoms with van der Waals surface area (Å²) in [6.45, 7) is 1.92. The fraction of sp³-hybridized carbons (Fsp3) is 0.385. The molecule has 0 spiro atoms. The van der Waals surface area contributed by atoms with Crippen molar-refractivity contribution in [3.8, 4) is 5.75 Å². The summed E-state index contributed by atoms with van der Waals surface area (Å²) in [7, 11) is 0. The molecule has 1 aliphatic heterocycles. The molecule has 1 aliphatic rings. The third kappa shape index (κ3) is 3.84. The van der Waals surface area contributed by atoms with Gasteiger partial charge in [0.15, 0.2) is 6.29 Å². The van der Waals surface area contributed by atoms with Crippen molar-refractivity contribution >= 4 is 15.9 Å². The van der Waals surface area contributed by atoms with Crippen LogP contribution in [-0.4, -0.2) is 25.2 Å². The van der Waals surface area contributed by atoms with Gasteiger partial charge in [0.25, 0.3) is 0 Å². The Balaban J connectivity index is 1.86. The summed E-state index contributed by atoms with van der Waals surface area (Å²) >= 11 is 3.31. The van der Waals surface area contributed by atoms with E-state index in [9.17, 15) is 0 Å². The first kappa shape index (κ1) is 12.6. The summed E-state index contributed by atoms with van der Waals surface area (Å²) in [5, 5.41) is 0.853. The summed E-state index contributed by atoms with van der Waals surface area (Å²) in [5.41, 5.74) is 1.03. The number of hydrogen-bond acceptors (Lipinski definition) is 3. The number of alkyl halides is 1. The van der Waals surface area contributed by atoms with E-state index in [4.69, 9.17) is 14.2 Å². The molecule has 3 nitrogen and oxygen atoms in total. The molecule has 4 heteroatoms.